The normalized spacial score (nSPS) is 24.0. The lowest BCUT2D eigenvalue weighted by molar-refractivity contribution is 0.427. The first-order valence-corrected chi connectivity index (χ1v) is 7.56. The Morgan fingerprint density at radius 3 is 2.79 bits per heavy atom. The Labute approximate surface area is 119 Å². The Hall–Kier alpha value is -1.23. The Morgan fingerprint density at radius 2 is 2.05 bits per heavy atom. The van der Waals surface area contributed by atoms with Gasteiger partial charge in [-0.15, -0.1) is 0 Å². The lowest BCUT2D eigenvalue weighted by atomic mass is 9.96. The number of hydrogen-bond donors (Lipinski definition) is 1. The summed E-state index contributed by atoms with van der Waals surface area (Å²) in [6, 6.07) is 2.40. The predicted octanol–water partition coefficient (Wildman–Crippen LogP) is 2.27. The molecule has 5 heteroatoms. The molecule has 1 unspecified atom stereocenters. The molecule has 1 aromatic rings. The van der Waals surface area contributed by atoms with E-state index in [4.69, 9.17) is 18.0 Å². The highest BCUT2D eigenvalue weighted by atomic mass is 32.1. The van der Waals surface area contributed by atoms with E-state index in [0.29, 0.717) is 16.7 Å². The molecule has 0 spiro atoms. The van der Waals surface area contributed by atoms with Crippen molar-refractivity contribution in [3.8, 4) is 0 Å². The monoisotopic (exact) mass is 276 g/mol. The highest BCUT2D eigenvalue weighted by molar-refractivity contribution is 7.80. The molecule has 0 radical (unpaired) electrons. The van der Waals surface area contributed by atoms with Crippen molar-refractivity contribution in [3.05, 3.63) is 18.0 Å². The second kappa shape index (κ2) is 5.41. The number of thiocarbonyl (C=S) groups is 1. The van der Waals surface area contributed by atoms with Crippen molar-refractivity contribution in [3.63, 3.8) is 0 Å². The fourth-order valence-electron chi connectivity index (χ4n) is 3.50. The number of hydrogen-bond acceptors (Lipinski definition) is 4. The van der Waals surface area contributed by atoms with Crippen LogP contribution in [0.2, 0.25) is 0 Å². The van der Waals surface area contributed by atoms with E-state index < -0.39 is 0 Å². The van der Waals surface area contributed by atoms with Crippen molar-refractivity contribution >= 4 is 23.2 Å². The molecule has 1 aliphatic carbocycles. The van der Waals surface area contributed by atoms with E-state index in [2.05, 4.69) is 14.9 Å². The van der Waals surface area contributed by atoms with E-state index in [1.54, 1.807) is 12.3 Å². The first kappa shape index (κ1) is 12.8. The first-order chi connectivity index (χ1) is 9.25. The predicted molar refractivity (Wildman–Crippen MR) is 80.2 cm³/mol. The second-order valence-electron chi connectivity index (χ2n) is 5.55. The topological polar surface area (TPSA) is 55.0 Å². The molecular weight excluding hydrogens is 256 g/mol. The quantitative estimate of drug-likeness (QED) is 0.858. The fourth-order valence-corrected chi connectivity index (χ4v) is 3.61. The third-order valence-electron chi connectivity index (χ3n) is 4.40. The van der Waals surface area contributed by atoms with Crippen LogP contribution in [0.3, 0.4) is 0 Å². The molecule has 2 N–H and O–H groups in total. The van der Waals surface area contributed by atoms with E-state index in [9.17, 15) is 0 Å². The molecule has 0 aromatic carbocycles. The lowest BCUT2D eigenvalue weighted by Gasteiger charge is -2.29. The maximum atomic E-state index is 5.66. The average molecular weight is 276 g/mol. The van der Waals surface area contributed by atoms with E-state index in [-0.39, 0.29) is 0 Å². The standard InChI is InChI=1S/C14H20N4S/c15-13(19)11-7-8-16-14(17-11)18-9-3-6-12(18)10-4-1-2-5-10/h7-8,10,12H,1-6,9H2,(H2,15,19). The van der Waals surface area contributed by atoms with E-state index in [1.807, 2.05) is 0 Å². The number of rotatable bonds is 3. The molecule has 0 amide bonds. The van der Waals surface area contributed by atoms with Crippen LogP contribution in [0.5, 0.6) is 0 Å². The molecule has 102 valence electrons. The minimum absolute atomic E-state index is 0.347. The van der Waals surface area contributed by atoms with Crippen LogP contribution in [-0.4, -0.2) is 27.5 Å². The van der Waals surface area contributed by atoms with Crippen molar-refractivity contribution in [1.82, 2.24) is 9.97 Å². The van der Waals surface area contributed by atoms with Crippen molar-refractivity contribution in [2.24, 2.45) is 11.7 Å². The van der Waals surface area contributed by atoms with E-state index >= 15 is 0 Å². The van der Waals surface area contributed by atoms with Crippen molar-refractivity contribution in [2.75, 3.05) is 11.4 Å². The van der Waals surface area contributed by atoms with Crippen LogP contribution in [0.15, 0.2) is 12.3 Å². The van der Waals surface area contributed by atoms with Gasteiger partial charge in [0.15, 0.2) is 0 Å². The van der Waals surface area contributed by atoms with Gasteiger partial charge in [-0.1, -0.05) is 25.1 Å². The maximum Gasteiger partial charge on any atom is 0.226 e. The molecule has 0 bridgehead atoms. The third kappa shape index (κ3) is 2.56. The summed E-state index contributed by atoms with van der Waals surface area (Å²) in [7, 11) is 0. The van der Waals surface area contributed by atoms with Gasteiger partial charge in [0.2, 0.25) is 5.95 Å². The van der Waals surface area contributed by atoms with Gasteiger partial charge in [0, 0.05) is 18.8 Å². The summed E-state index contributed by atoms with van der Waals surface area (Å²) in [4.78, 5) is 11.7. The van der Waals surface area contributed by atoms with Crippen LogP contribution in [0, 0.1) is 5.92 Å². The fraction of sp³-hybridized carbons (Fsp3) is 0.643. The van der Waals surface area contributed by atoms with Crippen LogP contribution in [0.4, 0.5) is 5.95 Å². The van der Waals surface area contributed by atoms with Crippen LogP contribution < -0.4 is 10.6 Å². The molecule has 19 heavy (non-hydrogen) atoms. The van der Waals surface area contributed by atoms with Gasteiger partial charge in [-0.25, -0.2) is 9.97 Å². The summed E-state index contributed by atoms with van der Waals surface area (Å²) in [6.07, 6.45) is 9.74. The summed E-state index contributed by atoms with van der Waals surface area (Å²) < 4.78 is 0. The van der Waals surface area contributed by atoms with Gasteiger partial charge in [0.05, 0.1) is 0 Å². The van der Waals surface area contributed by atoms with Crippen molar-refractivity contribution in [1.29, 1.82) is 0 Å². The number of nitrogens with zero attached hydrogens (tertiary/aromatic N) is 3. The summed E-state index contributed by atoms with van der Waals surface area (Å²) in [5.41, 5.74) is 6.34. The molecule has 3 rings (SSSR count). The molecule has 2 heterocycles. The summed E-state index contributed by atoms with van der Waals surface area (Å²) in [5.74, 6) is 1.62. The smallest absolute Gasteiger partial charge is 0.226 e. The first-order valence-electron chi connectivity index (χ1n) is 7.15. The summed E-state index contributed by atoms with van der Waals surface area (Å²) >= 11 is 5.00. The largest absolute Gasteiger partial charge is 0.388 e. The molecule has 2 aliphatic rings. The molecule has 1 aliphatic heterocycles. The molecular formula is C14H20N4S. The van der Waals surface area contributed by atoms with Crippen LogP contribution in [0.25, 0.3) is 0 Å². The Kier molecular flexibility index (Phi) is 3.64. The zero-order valence-corrected chi connectivity index (χ0v) is 11.9. The number of nitrogens with two attached hydrogens (primary N) is 1. The second-order valence-corrected chi connectivity index (χ2v) is 5.99. The van der Waals surface area contributed by atoms with Gasteiger partial charge in [-0.2, -0.15) is 0 Å². The van der Waals surface area contributed by atoms with Gasteiger partial charge in [-0.05, 0) is 37.7 Å². The average Bonchev–Trinajstić information content (AvgIpc) is 3.09. The van der Waals surface area contributed by atoms with Crippen LogP contribution in [0.1, 0.15) is 44.2 Å². The Balaban J connectivity index is 1.83. The highest BCUT2D eigenvalue weighted by Gasteiger charge is 2.34. The number of anilines is 1. The van der Waals surface area contributed by atoms with Crippen LogP contribution in [-0.2, 0) is 0 Å². The minimum Gasteiger partial charge on any atom is -0.388 e. The highest BCUT2D eigenvalue weighted by Crippen LogP contribution is 2.36. The van der Waals surface area contributed by atoms with Gasteiger partial charge in [0.1, 0.15) is 10.7 Å². The minimum atomic E-state index is 0.347. The molecule has 2 fully saturated rings. The lowest BCUT2D eigenvalue weighted by Crippen LogP contribution is -2.36. The van der Waals surface area contributed by atoms with Gasteiger partial charge < -0.3 is 10.6 Å². The molecule has 4 nitrogen and oxygen atoms in total. The van der Waals surface area contributed by atoms with E-state index in [1.165, 1.54) is 38.5 Å². The third-order valence-corrected chi connectivity index (χ3v) is 4.60. The molecule has 1 saturated carbocycles. The van der Waals surface area contributed by atoms with Gasteiger partial charge in [0.25, 0.3) is 0 Å². The SMILES string of the molecule is NC(=S)c1ccnc(N2CCCC2C2CCCC2)n1. The van der Waals surface area contributed by atoms with Gasteiger partial charge >= 0.3 is 0 Å². The maximum absolute atomic E-state index is 5.66. The Bertz CT molecular complexity index is 470. The summed E-state index contributed by atoms with van der Waals surface area (Å²) in [6.45, 7) is 1.06. The van der Waals surface area contributed by atoms with Crippen molar-refractivity contribution in [2.45, 2.75) is 44.6 Å². The molecule has 1 saturated heterocycles. The molecule has 1 aromatic heterocycles. The van der Waals surface area contributed by atoms with Gasteiger partial charge in [-0.3, -0.25) is 0 Å². The van der Waals surface area contributed by atoms with E-state index in [0.717, 1.165) is 18.4 Å². The summed E-state index contributed by atoms with van der Waals surface area (Å²) in [5, 5.41) is 0. The number of aromatic nitrogens is 2. The zero-order chi connectivity index (χ0) is 13.2. The van der Waals surface area contributed by atoms with Crippen LogP contribution >= 0.6 is 12.2 Å². The zero-order valence-electron chi connectivity index (χ0n) is 11.1. The Morgan fingerprint density at radius 1 is 1.26 bits per heavy atom. The molecule has 1 atom stereocenters. The van der Waals surface area contributed by atoms with Crippen molar-refractivity contribution < 1.29 is 0 Å².